The Kier molecular flexibility index (Phi) is 8.99. The summed E-state index contributed by atoms with van der Waals surface area (Å²) in [6, 6.07) is 10.3. The van der Waals surface area contributed by atoms with E-state index >= 15 is 0 Å². The van der Waals surface area contributed by atoms with Gasteiger partial charge in [0.05, 0.1) is 11.6 Å². The minimum absolute atomic E-state index is 0.0439. The molecule has 2 amide bonds. The van der Waals surface area contributed by atoms with Crippen LogP contribution in [0.3, 0.4) is 0 Å². The second-order valence-electron chi connectivity index (χ2n) is 7.65. The Morgan fingerprint density at radius 1 is 1.03 bits per heavy atom. The van der Waals surface area contributed by atoms with Crippen LogP contribution >= 0.6 is 35.0 Å². The summed E-state index contributed by atoms with van der Waals surface area (Å²) in [4.78, 5) is 24.8. The van der Waals surface area contributed by atoms with E-state index in [1.165, 1.54) is 40.8 Å². The molecule has 2 aromatic rings. The van der Waals surface area contributed by atoms with E-state index in [0.29, 0.717) is 0 Å². The molecular weight excluding hydrogens is 539 g/mol. The predicted octanol–water partition coefficient (Wildman–Crippen LogP) is 3.88. The van der Waals surface area contributed by atoms with Crippen molar-refractivity contribution in [3.63, 3.8) is 0 Å². The Morgan fingerprint density at radius 3 is 2.23 bits per heavy atom. The lowest BCUT2D eigenvalue weighted by atomic mass is 10.2. The van der Waals surface area contributed by atoms with Gasteiger partial charge in [-0.1, -0.05) is 23.2 Å². The molecule has 0 spiro atoms. The topological polar surface area (TPSA) is 111 Å². The Labute approximate surface area is 218 Å². The molecule has 1 fully saturated rings. The highest BCUT2D eigenvalue weighted by atomic mass is 35.5. The first kappa shape index (κ1) is 27.2. The molecule has 0 aromatic heterocycles. The van der Waals surface area contributed by atoms with E-state index in [4.69, 9.17) is 39.7 Å². The zero-order valence-electron chi connectivity index (χ0n) is 18.6. The third-order valence-corrected chi connectivity index (χ3v) is 7.67. The van der Waals surface area contributed by atoms with E-state index in [1.54, 1.807) is 7.05 Å². The van der Waals surface area contributed by atoms with Crippen molar-refractivity contribution in [1.29, 1.82) is 5.26 Å². The van der Waals surface area contributed by atoms with E-state index in [1.807, 2.05) is 6.07 Å². The fourth-order valence-corrected chi connectivity index (χ4v) is 5.55. The summed E-state index contributed by atoms with van der Waals surface area (Å²) >= 11 is 18.0. The second kappa shape index (κ2) is 11.6. The number of amides is 2. The quantitative estimate of drug-likeness (QED) is 0.321. The predicted molar refractivity (Wildman–Crippen MR) is 131 cm³/mol. The van der Waals surface area contributed by atoms with Crippen LogP contribution in [0.5, 0.6) is 11.5 Å². The van der Waals surface area contributed by atoms with Gasteiger partial charge in [-0.2, -0.15) is 9.57 Å². The number of sulfonamides is 1. The lowest BCUT2D eigenvalue weighted by Crippen LogP contribution is -2.42. The number of imide groups is 1. The molecule has 3 rings (SSSR count). The molecule has 13 heteroatoms. The molecule has 1 aliphatic heterocycles. The molecule has 1 heterocycles. The lowest BCUT2D eigenvalue weighted by molar-refractivity contribution is -0.138. The zero-order chi connectivity index (χ0) is 25.8. The standard InChI is InChI=1S/C22H21Cl3N4O5S/c1-27(25)6-7-28(8-9-29-21(30)4-5-22(29)31)35(32,33)20-10-15(14-26)2-3-19(20)34-18-12-16(23)11-17(24)13-18/h2-3,10-13H,4-9H2,1H3. The first-order valence-electron chi connectivity index (χ1n) is 10.4. The van der Waals surface area contributed by atoms with E-state index in [2.05, 4.69) is 0 Å². The van der Waals surface area contributed by atoms with Crippen molar-refractivity contribution in [2.24, 2.45) is 0 Å². The van der Waals surface area contributed by atoms with Gasteiger partial charge in [0.15, 0.2) is 0 Å². The molecule has 35 heavy (non-hydrogen) atoms. The number of benzene rings is 2. The number of likely N-dealkylation sites (N-methyl/N-ethyl adjacent to an activating group) is 1. The number of nitriles is 1. The summed E-state index contributed by atoms with van der Waals surface area (Å²) in [5.74, 6) is -0.561. The van der Waals surface area contributed by atoms with Gasteiger partial charge in [0.25, 0.3) is 0 Å². The molecule has 1 saturated heterocycles. The van der Waals surface area contributed by atoms with Gasteiger partial charge in [-0.05, 0) is 48.2 Å². The largest absolute Gasteiger partial charge is 0.456 e. The number of halogens is 3. The monoisotopic (exact) mass is 558 g/mol. The van der Waals surface area contributed by atoms with Crippen molar-refractivity contribution in [2.75, 3.05) is 33.2 Å². The summed E-state index contributed by atoms with van der Waals surface area (Å²) in [5, 5.41) is 9.94. The minimum atomic E-state index is -4.27. The van der Waals surface area contributed by atoms with Crippen molar-refractivity contribution in [1.82, 2.24) is 13.6 Å². The summed E-state index contributed by atoms with van der Waals surface area (Å²) in [7, 11) is -2.71. The molecule has 0 bridgehead atoms. The van der Waals surface area contributed by atoms with Crippen LogP contribution in [0.1, 0.15) is 18.4 Å². The van der Waals surface area contributed by atoms with Crippen molar-refractivity contribution >= 4 is 56.8 Å². The number of nitrogens with zero attached hydrogens (tertiary/aromatic N) is 4. The summed E-state index contributed by atoms with van der Waals surface area (Å²) in [6.07, 6.45) is 0.195. The zero-order valence-corrected chi connectivity index (χ0v) is 21.7. The molecule has 0 unspecified atom stereocenters. The van der Waals surface area contributed by atoms with Crippen LogP contribution < -0.4 is 4.74 Å². The van der Waals surface area contributed by atoms with Gasteiger partial charge in [0.2, 0.25) is 21.8 Å². The average Bonchev–Trinajstić information content (AvgIpc) is 3.10. The SMILES string of the molecule is CN(Cl)CCN(CCN1C(=O)CCC1=O)S(=O)(=O)c1cc(C#N)ccc1Oc1cc(Cl)cc(Cl)c1. The molecular formula is C22H21Cl3N4O5S. The Balaban J connectivity index is 1.99. The summed E-state index contributed by atoms with van der Waals surface area (Å²) in [6.45, 7) is -0.164. The van der Waals surface area contributed by atoms with Gasteiger partial charge in [-0.3, -0.25) is 14.5 Å². The molecule has 186 valence electrons. The fraction of sp³-hybridized carbons (Fsp3) is 0.318. The molecule has 0 radical (unpaired) electrons. The Morgan fingerprint density at radius 2 is 1.66 bits per heavy atom. The minimum Gasteiger partial charge on any atom is -0.456 e. The summed E-state index contributed by atoms with van der Waals surface area (Å²) < 4.78 is 35.7. The van der Waals surface area contributed by atoms with E-state index in [-0.39, 0.29) is 82.8 Å². The van der Waals surface area contributed by atoms with Gasteiger partial charge in [0.1, 0.15) is 16.4 Å². The van der Waals surface area contributed by atoms with E-state index < -0.39 is 10.0 Å². The number of carbonyl (C=O) groups is 2. The van der Waals surface area contributed by atoms with Gasteiger partial charge < -0.3 is 4.74 Å². The van der Waals surface area contributed by atoms with Gasteiger partial charge >= 0.3 is 0 Å². The number of hydrogen-bond acceptors (Lipinski definition) is 7. The third kappa shape index (κ3) is 6.85. The first-order valence-corrected chi connectivity index (χ1v) is 12.9. The lowest BCUT2D eigenvalue weighted by Gasteiger charge is -2.26. The van der Waals surface area contributed by atoms with Crippen LogP contribution in [0, 0.1) is 11.3 Å². The van der Waals surface area contributed by atoms with Crippen molar-refractivity contribution in [3.05, 3.63) is 52.0 Å². The molecule has 0 aliphatic carbocycles. The fourth-order valence-electron chi connectivity index (χ4n) is 3.40. The number of rotatable bonds is 10. The van der Waals surface area contributed by atoms with Crippen LogP contribution in [-0.2, 0) is 19.6 Å². The molecule has 0 atom stereocenters. The van der Waals surface area contributed by atoms with Crippen molar-refractivity contribution in [3.8, 4) is 17.6 Å². The number of carbonyl (C=O) groups excluding carboxylic acids is 2. The maximum Gasteiger partial charge on any atom is 0.246 e. The van der Waals surface area contributed by atoms with Crippen LogP contribution in [0.4, 0.5) is 0 Å². The summed E-state index contributed by atoms with van der Waals surface area (Å²) in [5.41, 5.74) is 0.0966. The van der Waals surface area contributed by atoms with Gasteiger partial charge in [0, 0.05) is 56.1 Å². The van der Waals surface area contributed by atoms with Gasteiger partial charge in [-0.25, -0.2) is 12.8 Å². The van der Waals surface area contributed by atoms with Crippen molar-refractivity contribution < 1.29 is 22.7 Å². The Hall–Kier alpha value is -2.39. The van der Waals surface area contributed by atoms with Crippen LogP contribution in [-0.4, -0.2) is 67.1 Å². The molecule has 1 aliphatic rings. The Bertz CT molecular complexity index is 1240. The molecule has 0 N–H and O–H groups in total. The van der Waals surface area contributed by atoms with Crippen molar-refractivity contribution in [2.45, 2.75) is 17.7 Å². The average molecular weight is 560 g/mol. The molecule has 2 aromatic carbocycles. The highest BCUT2D eigenvalue weighted by Gasteiger charge is 2.33. The second-order valence-corrected chi connectivity index (χ2v) is 11.0. The van der Waals surface area contributed by atoms with Gasteiger partial charge in [-0.15, -0.1) is 0 Å². The number of likely N-dealkylation sites (tertiary alicyclic amines) is 1. The smallest absolute Gasteiger partial charge is 0.246 e. The molecule has 0 saturated carbocycles. The normalized spacial score (nSPS) is 14.1. The van der Waals surface area contributed by atoms with E-state index in [9.17, 15) is 23.3 Å². The first-order chi connectivity index (χ1) is 16.5. The highest BCUT2D eigenvalue weighted by Crippen LogP contribution is 2.34. The number of hydrogen-bond donors (Lipinski definition) is 0. The molecule has 9 nitrogen and oxygen atoms in total. The number of ether oxygens (including phenoxy) is 1. The van der Waals surface area contributed by atoms with Crippen LogP contribution in [0.15, 0.2) is 41.3 Å². The van der Waals surface area contributed by atoms with Crippen LogP contribution in [0.25, 0.3) is 0 Å². The highest BCUT2D eigenvalue weighted by molar-refractivity contribution is 7.89. The van der Waals surface area contributed by atoms with E-state index in [0.717, 1.165) is 9.21 Å². The maximum atomic E-state index is 13.8. The maximum absolute atomic E-state index is 13.8. The third-order valence-electron chi connectivity index (χ3n) is 5.14. The van der Waals surface area contributed by atoms with Crippen LogP contribution in [0.2, 0.25) is 10.0 Å².